The van der Waals surface area contributed by atoms with Gasteiger partial charge in [0.2, 0.25) is 0 Å². The fourth-order valence-corrected chi connectivity index (χ4v) is 4.83. The van der Waals surface area contributed by atoms with Crippen LogP contribution in [0.4, 0.5) is 51.7 Å². The van der Waals surface area contributed by atoms with Crippen LogP contribution in [-0.2, 0) is 0 Å². The lowest BCUT2D eigenvalue weighted by Crippen LogP contribution is -2.20. The Bertz CT molecular complexity index is 1460. The molecule has 0 fully saturated rings. The van der Waals surface area contributed by atoms with Crippen molar-refractivity contribution >= 4 is 51.7 Å². The second-order valence-electron chi connectivity index (χ2n) is 9.00. The Morgan fingerprint density at radius 3 is 1.08 bits per heavy atom. The highest BCUT2D eigenvalue weighted by molar-refractivity contribution is 5.83. The van der Waals surface area contributed by atoms with Crippen molar-refractivity contribution in [2.45, 2.75) is 0 Å². The first-order valence-corrected chi connectivity index (χ1v) is 12.6. The molecule has 0 spiro atoms. The fraction of sp³-hybridized carbons (Fsp3) is 0. The summed E-state index contributed by atoms with van der Waals surface area (Å²) >= 11 is 0. The van der Waals surface area contributed by atoms with Crippen LogP contribution >= 0.6 is 0 Å². The molecule has 0 unspecified atom stereocenters. The summed E-state index contributed by atoms with van der Waals surface area (Å²) in [5, 5.41) is 0. The van der Waals surface area contributed by atoms with Crippen LogP contribution in [0.25, 0.3) is 0 Å². The summed E-state index contributed by atoms with van der Waals surface area (Å²) in [6.07, 6.45) is 7.08. The van der Waals surface area contributed by atoms with Crippen LogP contribution in [0, 0.1) is 0 Å². The molecule has 2 aromatic heterocycles. The lowest BCUT2D eigenvalue weighted by molar-refractivity contribution is 1.04. The highest BCUT2D eigenvalue weighted by atomic mass is 15.3. The summed E-state index contributed by atoms with van der Waals surface area (Å²) in [6.45, 7) is 0. The van der Waals surface area contributed by atoms with Crippen LogP contribution in [0.5, 0.6) is 0 Å². The van der Waals surface area contributed by atoms with E-state index in [4.69, 9.17) is 9.97 Å². The van der Waals surface area contributed by atoms with Crippen molar-refractivity contribution in [2.75, 3.05) is 14.7 Å². The minimum atomic E-state index is 0.633. The quantitative estimate of drug-likeness (QED) is 0.241. The molecular weight excluding hydrogens is 482 g/mol. The molecule has 4 aromatic carbocycles. The SMILES string of the molecule is c1ccc(N2c3cccc(c3)N(c3ccccc3)c3cncc(n3)N(c3ccccc3)c3cncc2n3)cc1. The van der Waals surface area contributed by atoms with Crippen molar-refractivity contribution in [1.82, 2.24) is 19.9 Å². The zero-order valence-electron chi connectivity index (χ0n) is 20.9. The van der Waals surface area contributed by atoms with Gasteiger partial charge in [-0.2, -0.15) is 0 Å². The molecule has 1 aliphatic heterocycles. The van der Waals surface area contributed by atoms with E-state index in [1.165, 1.54) is 0 Å². The van der Waals surface area contributed by atoms with E-state index in [0.29, 0.717) is 23.3 Å². The Kier molecular flexibility index (Phi) is 5.64. The second kappa shape index (κ2) is 9.72. The molecular formula is C32H23N7. The zero-order valence-corrected chi connectivity index (χ0v) is 20.9. The molecule has 186 valence electrons. The van der Waals surface area contributed by atoms with E-state index in [9.17, 15) is 0 Å². The van der Waals surface area contributed by atoms with E-state index in [0.717, 1.165) is 28.4 Å². The van der Waals surface area contributed by atoms with Gasteiger partial charge in [-0.15, -0.1) is 0 Å². The van der Waals surface area contributed by atoms with Crippen LogP contribution in [-0.4, -0.2) is 19.9 Å². The van der Waals surface area contributed by atoms with E-state index >= 15 is 0 Å². The van der Waals surface area contributed by atoms with Crippen LogP contribution in [0.3, 0.4) is 0 Å². The average Bonchev–Trinajstić information content (AvgIpc) is 3.00. The molecule has 0 radical (unpaired) electrons. The summed E-state index contributed by atoms with van der Waals surface area (Å²) < 4.78 is 0. The number of anilines is 9. The topological polar surface area (TPSA) is 61.3 Å². The number of fused-ring (bicyclic) bond motifs is 6. The second-order valence-corrected chi connectivity index (χ2v) is 9.00. The van der Waals surface area contributed by atoms with E-state index < -0.39 is 0 Å². The molecule has 1 aliphatic rings. The fourth-order valence-electron chi connectivity index (χ4n) is 4.83. The number of nitrogens with zero attached hydrogens (tertiary/aromatic N) is 7. The first-order chi connectivity index (χ1) is 19.3. The van der Waals surface area contributed by atoms with E-state index in [2.05, 4.69) is 62.2 Å². The van der Waals surface area contributed by atoms with Crippen molar-refractivity contribution in [2.24, 2.45) is 0 Å². The number of hydrogen-bond donors (Lipinski definition) is 0. The molecule has 7 nitrogen and oxygen atoms in total. The third-order valence-electron chi connectivity index (χ3n) is 6.52. The van der Waals surface area contributed by atoms with E-state index in [1.807, 2.05) is 77.7 Å². The normalized spacial score (nSPS) is 12.5. The summed E-state index contributed by atoms with van der Waals surface area (Å²) in [7, 11) is 0. The van der Waals surface area contributed by atoms with Crippen LogP contribution in [0.15, 0.2) is 140 Å². The van der Waals surface area contributed by atoms with E-state index in [-0.39, 0.29) is 0 Å². The van der Waals surface area contributed by atoms with Crippen molar-refractivity contribution < 1.29 is 0 Å². The molecule has 3 heterocycles. The molecule has 6 bridgehead atoms. The highest BCUT2D eigenvalue weighted by Gasteiger charge is 2.24. The first-order valence-electron chi connectivity index (χ1n) is 12.6. The maximum Gasteiger partial charge on any atom is 0.159 e. The average molecular weight is 506 g/mol. The molecule has 0 atom stereocenters. The van der Waals surface area contributed by atoms with Gasteiger partial charge in [-0.05, 0) is 54.6 Å². The first kappa shape index (κ1) is 22.6. The molecule has 6 aromatic rings. The number of rotatable bonds is 3. The minimum Gasteiger partial charge on any atom is -0.294 e. The van der Waals surface area contributed by atoms with Gasteiger partial charge in [-0.25, -0.2) is 9.97 Å². The predicted octanol–water partition coefficient (Wildman–Crippen LogP) is 7.99. The third-order valence-corrected chi connectivity index (χ3v) is 6.52. The largest absolute Gasteiger partial charge is 0.294 e. The lowest BCUT2D eigenvalue weighted by atomic mass is 10.2. The maximum atomic E-state index is 5.11. The number of hydrogen-bond acceptors (Lipinski definition) is 7. The Morgan fingerprint density at radius 1 is 0.333 bits per heavy atom. The van der Waals surface area contributed by atoms with Gasteiger partial charge in [0, 0.05) is 28.4 Å². The van der Waals surface area contributed by atoms with Gasteiger partial charge in [0.25, 0.3) is 0 Å². The van der Waals surface area contributed by atoms with Gasteiger partial charge in [0.05, 0.1) is 24.8 Å². The van der Waals surface area contributed by atoms with Crippen molar-refractivity contribution in [1.29, 1.82) is 0 Å². The van der Waals surface area contributed by atoms with Crippen molar-refractivity contribution in [3.63, 3.8) is 0 Å². The Balaban J connectivity index is 1.55. The van der Waals surface area contributed by atoms with Gasteiger partial charge in [-0.3, -0.25) is 24.7 Å². The maximum absolute atomic E-state index is 5.11. The summed E-state index contributed by atoms with van der Waals surface area (Å²) in [4.78, 5) is 25.7. The summed E-state index contributed by atoms with van der Waals surface area (Å²) in [5.74, 6) is 2.64. The molecule has 0 amide bonds. The Hall–Kier alpha value is -5.56. The lowest BCUT2D eigenvalue weighted by Gasteiger charge is -2.31. The number of benzene rings is 4. The standard InChI is InChI=1S/C32H23N7/c1-4-11-24(12-5-1)37-27-17-10-18-28(19-27)38(25-13-6-2-7-14-25)30-21-34-23-32(36-30)39(26-15-8-3-9-16-26)31-22-33-20-29(37)35-31/h1-23H. The molecule has 7 rings (SSSR count). The highest BCUT2D eigenvalue weighted by Crippen LogP contribution is 2.41. The molecule has 7 heteroatoms. The van der Waals surface area contributed by atoms with Crippen molar-refractivity contribution in [3.8, 4) is 0 Å². The van der Waals surface area contributed by atoms with Gasteiger partial charge in [0.15, 0.2) is 23.3 Å². The summed E-state index contributed by atoms with van der Waals surface area (Å²) in [6, 6.07) is 38.8. The van der Waals surface area contributed by atoms with Crippen LogP contribution < -0.4 is 14.7 Å². The van der Waals surface area contributed by atoms with Crippen molar-refractivity contribution in [3.05, 3.63) is 140 Å². The van der Waals surface area contributed by atoms with Gasteiger partial charge in [0.1, 0.15) is 0 Å². The Labute approximate surface area is 226 Å². The molecule has 0 aliphatic carbocycles. The van der Waals surface area contributed by atoms with Gasteiger partial charge in [-0.1, -0.05) is 60.7 Å². The molecule has 0 N–H and O–H groups in total. The monoisotopic (exact) mass is 505 g/mol. The summed E-state index contributed by atoms with van der Waals surface area (Å²) in [5.41, 5.74) is 4.76. The Morgan fingerprint density at radius 2 is 0.667 bits per heavy atom. The predicted molar refractivity (Wildman–Crippen MR) is 155 cm³/mol. The van der Waals surface area contributed by atoms with E-state index in [1.54, 1.807) is 24.8 Å². The number of aromatic nitrogens is 4. The van der Waals surface area contributed by atoms with Crippen LogP contribution in [0.1, 0.15) is 0 Å². The minimum absolute atomic E-state index is 0.633. The third kappa shape index (κ3) is 4.22. The molecule has 0 saturated heterocycles. The van der Waals surface area contributed by atoms with Crippen LogP contribution in [0.2, 0.25) is 0 Å². The van der Waals surface area contributed by atoms with Gasteiger partial charge >= 0.3 is 0 Å². The smallest absolute Gasteiger partial charge is 0.159 e. The molecule has 39 heavy (non-hydrogen) atoms. The van der Waals surface area contributed by atoms with Gasteiger partial charge < -0.3 is 0 Å². The zero-order chi connectivity index (χ0) is 26.0. The number of para-hydroxylation sites is 3. The molecule has 0 saturated carbocycles.